The zero-order chi connectivity index (χ0) is 9.47. The summed E-state index contributed by atoms with van der Waals surface area (Å²) in [7, 11) is 0. The van der Waals surface area contributed by atoms with E-state index >= 15 is 0 Å². The molecule has 4 heteroatoms. The van der Waals surface area contributed by atoms with Crippen LogP contribution in [0.5, 0.6) is 0 Å². The van der Waals surface area contributed by atoms with Gasteiger partial charge in [-0.1, -0.05) is 20.8 Å². The molecule has 2 heterocycles. The summed E-state index contributed by atoms with van der Waals surface area (Å²) in [5.41, 5.74) is 0.0599. The Balaban J connectivity index is 2.36. The smallest absolute Gasteiger partial charge is 0.156 e. The summed E-state index contributed by atoms with van der Waals surface area (Å²) >= 11 is 0. The van der Waals surface area contributed by atoms with E-state index in [0.29, 0.717) is 0 Å². The standard InChI is InChI=1S/C9H16N4/c1-9(2,3)8-11-7-4-5-10-6-13(7)12-8/h10H,4-6H2,1-3H3. The molecule has 0 saturated carbocycles. The van der Waals surface area contributed by atoms with Gasteiger partial charge in [-0.05, 0) is 0 Å². The number of hydrogen-bond acceptors (Lipinski definition) is 3. The van der Waals surface area contributed by atoms with Crippen LogP contribution in [0.15, 0.2) is 0 Å². The van der Waals surface area contributed by atoms with E-state index in [-0.39, 0.29) is 5.41 Å². The third-order valence-corrected chi connectivity index (χ3v) is 2.21. The van der Waals surface area contributed by atoms with Gasteiger partial charge in [-0.15, -0.1) is 0 Å². The number of nitrogens with zero attached hydrogens (tertiary/aromatic N) is 3. The van der Waals surface area contributed by atoms with Gasteiger partial charge in [-0.2, -0.15) is 5.10 Å². The Morgan fingerprint density at radius 1 is 1.38 bits per heavy atom. The van der Waals surface area contributed by atoms with Crippen molar-refractivity contribution in [1.29, 1.82) is 0 Å². The molecule has 1 aromatic heterocycles. The summed E-state index contributed by atoms with van der Waals surface area (Å²) in [5.74, 6) is 2.06. The van der Waals surface area contributed by atoms with E-state index < -0.39 is 0 Å². The molecule has 2 rings (SSSR count). The molecule has 0 radical (unpaired) electrons. The highest BCUT2D eigenvalue weighted by Crippen LogP contribution is 2.19. The van der Waals surface area contributed by atoms with E-state index in [1.807, 2.05) is 4.68 Å². The van der Waals surface area contributed by atoms with Gasteiger partial charge < -0.3 is 0 Å². The predicted octanol–water partition coefficient (Wildman–Crippen LogP) is 0.679. The maximum absolute atomic E-state index is 4.53. The summed E-state index contributed by atoms with van der Waals surface area (Å²) in [6.07, 6.45) is 0.989. The lowest BCUT2D eigenvalue weighted by molar-refractivity contribution is 0.440. The molecule has 0 fully saturated rings. The van der Waals surface area contributed by atoms with Crippen molar-refractivity contribution in [3.63, 3.8) is 0 Å². The fraction of sp³-hybridized carbons (Fsp3) is 0.778. The van der Waals surface area contributed by atoms with Crippen molar-refractivity contribution in [1.82, 2.24) is 20.1 Å². The van der Waals surface area contributed by atoms with Crippen LogP contribution in [-0.4, -0.2) is 21.3 Å². The number of hydrogen-bond donors (Lipinski definition) is 1. The molecule has 1 aliphatic rings. The van der Waals surface area contributed by atoms with E-state index in [1.165, 1.54) is 0 Å². The highest BCUT2D eigenvalue weighted by Gasteiger charge is 2.22. The van der Waals surface area contributed by atoms with E-state index in [0.717, 1.165) is 31.3 Å². The second-order valence-corrected chi connectivity index (χ2v) is 4.51. The maximum Gasteiger partial charge on any atom is 0.156 e. The quantitative estimate of drug-likeness (QED) is 0.638. The minimum Gasteiger partial charge on any atom is -0.298 e. The van der Waals surface area contributed by atoms with Crippen LogP contribution < -0.4 is 5.32 Å². The topological polar surface area (TPSA) is 42.7 Å². The highest BCUT2D eigenvalue weighted by molar-refractivity contribution is 5.04. The first-order chi connectivity index (χ1) is 6.07. The van der Waals surface area contributed by atoms with Crippen LogP contribution in [0.1, 0.15) is 32.4 Å². The van der Waals surface area contributed by atoms with Crippen LogP contribution in [-0.2, 0) is 18.5 Å². The number of fused-ring (bicyclic) bond motifs is 1. The van der Waals surface area contributed by atoms with Gasteiger partial charge >= 0.3 is 0 Å². The van der Waals surface area contributed by atoms with Crippen LogP contribution in [0, 0.1) is 0 Å². The van der Waals surface area contributed by atoms with Gasteiger partial charge in [0.15, 0.2) is 5.82 Å². The first kappa shape index (κ1) is 8.69. The van der Waals surface area contributed by atoms with Gasteiger partial charge in [-0.3, -0.25) is 5.32 Å². The van der Waals surface area contributed by atoms with E-state index in [4.69, 9.17) is 0 Å². The largest absolute Gasteiger partial charge is 0.298 e. The average molecular weight is 180 g/mol. The lowest BCUT2D eigenvalue weighted by atomic mass is 9.96. The van der Waals surface area contributed by atoms with Crippen LogP contribution in [0.4, 0.5) is 0 Å². The molecule has 0 atom stereocenters. The lowest BCUT2D eigenvalue weighted by Crippen LogP contribution is -2.29. The zero-order valence-electron chi connectivity index (χ0n) is 8.46. The Morgan fingerprint density at radius 3 is 2.77 bits per heavy atom. The molecule has 1 aliphatic heterocycles. The summed E-state index contributed by atoms with van der Waals surface area (Å²) in [5, 5.41) is 7.73. The fourth-order valence-electron chi connectivity index (χ4n) is 1.39. The van der Waals surface area contributed by atoms with E-state index in [1.54, 1.807) is 0 Å². The molecule has 1 aromatic rings. The average Bonchev–Trinajstić information content (AvgIpc) is 2.45. The second kappa shape index (κ2) is 2.80. The summed E-state index contributed by atoms with van der Waals surface area (Å²) in [6, 6.07) is 0. The van der Waals surface area contributed by atoms with Crippen LogP contribution in [0.25, 0.3) is 0 Å². The minimum atomic E-state index is 0.0599. The van der Waals surface area contributed by atoms with Crippen molar-refractivity contribution in [3.8, 4) is 0 Å². The molecule has 0 aliphatic carbocycles. The number of rotatable bonds is 0. The maximum atomic E-state index is 4.53. The molecule has 1 N–H and O–H groups in total. The van der Waals surface area contributed by atoms with E-state index in [2.05, 4.69) is 36.2 Å². The van der Waals surface area contributed by atoms with Gasteiger partial charge in [0, 0.05) is 18.4 Å². The first-order valence-electron chi connectivity index (χ1n) is 4.72. The molecule has 0 bridgehead atoms. The molecule has 72 valence electrons. The Morgan fingerprint density at radius 2 is 2.15 bits per heavy atom. The number of aromatic nitrogens is 3. The van der Waals surface area contributed by atoms with Gasteiger partial charge in [-0.25, -0.2) is 9.67 Å². The third kappa shape index (κ3) is 1.58. The molecule has 13 heavy (non-hydrogen) atoms. The van der Waals surface area contributed by atoms with Crippen LogP contribution in [0.2, 0.25) is 0 Å². The Labute approximate surface area is 78.4 Å². The SMILES string of the molecule is CC(C)(C)c1nc2n(n1)CNCC2. The third-order valence-electron chi connectivity index (χ3n) is 2.21. The van der Waals surface area contributed by atoms with Crippen molar-refractivity contribution in [3.05, 3.63) is 11.6 Å². The molecule has 0 saturated heterocycles. The highest BCUT2D eigenvalue weighted by atomic mass is 15.4. The van der Waals surface area contributed by atoms with Crippen molar-refractivity contribution < 1.29 is 0 Å². The predicted molar refractivity (Wildman–Crippen MR) is 50.4 cm³/mol. The van der Waals surface area contributed by atoms with Crippen LogP contribution >= 0.6 is 0 Å². The molecule has 0 unspecified atom stereocenters. The zero-order valence-corrected chi connectivity index (χ0v) is 8.46. The van der Waals surface area contributed by atoms with Crippen molar-refractivity contribution in [2.75, 3.05) is 6.54 Å². The van der Waals surface area contributed by atoms with E-state index in [9.17, 15) is 0 Å². The first-order valence-corrected chi connectivity index (χ1v) is 4.72. The monoisotopic (exact) mass is 180 g/mol. The van der Waals surface area contributed by atoms with Crippen molar-refractivity contribution >= 4 is 0 Å². The molecular formula is C9H16N4. The van der Waals surface area contributed by atoms with Gasteiger partial charge in [0.05, 0.1) is 6.67 Å². The summed E-state index contributed by atoms with van der Waals surface area (Å²) < 4.78 is 1.96. The minimum absolute atomic E-state index is 0.0599. The van der Waals surface area contributed by atoms with Gasteiger partial charge in [0.1, 0.15) is 5.82 Å². The van der Waals surface area contributed by atoms with Crippen LogP contribution in [0.3, 0.4) is 0 Å². The fourth-order valence-corrected chi connectivity index (χ4v) is 1.39. The Bertz CT molecular complexity index is 284. The molecule has 0 amide bonds. The van der Waals surface area contributed by atoms with Crippen molar-refractivity contribution in [2.45, 2.75) is 39.3 Å². The summed E-state index contributed by atoms with van der Waals surface area (Å²) in [4.78, 5) is 4.53. The molecule has 0 aromatic carbocycles. The van der Waals surface area contributed by atoms with Crippen molar-refractivity contribution in [2.24, 2.45) is 0 Å². The summed E-state index contributed by atoms with van der Waals surface area (Å²) in [6.45, 7) is 8.24. The molecular weight excluding hydrogens is 164 g/mol. The van der Waals surface area contributed by atoms with Gasteiger partial charge in [0.25, 0.3) is 0 Å². The Hall–Kier alpha value is -0.900. The second-order valence-electron chi connectivity index (χ2n) is 4.51. The lowest BCUT2D eigenvalue weighted by Gasteiger charge is -2.12. The van der Waals surface area contributed by atoms with Gasteiger partial charge in [0.2, 0.25) is 0 Å². The normalized spacial score (nSPS) is 17.2. The molecule has 4 nitrogen and oxygen atoms in total. The molecule has 0 spiro atoms. The number of nitrogens with one attached hydrogen (secondary N) is 1. The Kier molecular flexibility index (Phi) is 1.87.